The first kappa shape index (κ1) is 17.6. The zero-order valence-electron chi connectivity index (χ0n) is 11.8. The van der Waals surface area contributed by atoms with Crippen molar-refractivity contribution < 1.29 is 4.74 Å². The summed E-state index contributed by atoms with van der Waals surface area (Å²) in [6.45, 7) is 2.54. The van der Waals surface area contributed by atoms with Gasteiger partial charge in [0.15, 0.2) is 0 Å². The van der Waals surface area contributed by atoms with E-state index >= 15 is 0 Å². The van der Waals surface area contributed by atoms with Gasteiger partial charge in [-0.3, -0.25) is 0 Å². The standard InChI is InChI=1S/C16H15Cl4NO/c1-2-22-14-9-3-11(4-10-14)15(16(18,19)20)21-13-7-5-12(17)6-8-13/h3-10,15,21H,2H2,1H3. The van der Waals surface area contributed by atoms with Gasteiger partial charge in [-0.15, -0.1) is 0 Å². The van der Waals surface area contributed by atoms with Crippen LogP contribution in [0.2, 0.25) is 5.02 Å². The second kappa shape index (κ2) is 7.65. The summed E-state index contributed by atoms with van der Waals surface area (Å²) in [5, 5.41) is 3.87. The van der Waals surface area contributed by atoms with Crippen LogP contribution in [0.1, 0.15) is 18.5 Å². The van der Waals surface area contributed by atoms with Gasteiger partial charge in [0.25, 0.3) is 0 Å². The van der Waals surface area contributed by atoms with E-state index in [1.165, 1.54) is 0 Å². The first-order valence-corrected chi connectivity index (χ1v) is 8.23. The molecule has 0 saturated carbocycles. The van der Waals surface area contributed by atoms with Gasteiger partial charge < -0.3 is 10.1 Å². The number of hydrogen-bond acceptors (Lipinski definition) is 2. The lowest BCUT2D eigenvalue weighted by Crippen LogP contribution is -2.25. The van der Waals surface area contributed by atoms with Gasteiger partial charge in [0.1, 0.15) is 5.75 Å². The van der Waals surface area contributed by atoms with Crippen LogP contribution in [-0.4, -0.2) is 10.4 Å². The van der Waals surface area contributed by atoms with E-state index in [0.29, 0.717) is 11.6 Å². The molecule has 0 aromatic heterocycles. The number of alkyl halides is 3. The minimum atomic E-state index is -1.51. The fourth-order valence-electron chi connectivity index (χ4n) is 1.99. The summed E-state index contributed by atoms with van der Waals surface area (Å²) >= 11 is 24.3. The molecule has 0 spiro atoms. The third-order valence-electron chi connectivity index (χ3n) is 3.01. The van der Waals surface area contributed by atoms with E-state index in [1.54, 1.807) is 12.1 Å². The van der Waals surface area contributed by atoms with E-state index in [2.05, 4.69) is 5.32 Å². The monoisotopic (exact) mass is 377 g/mol. The maximum absolute atomic E-state index is 6.13. The molecule has 118 valence electrons. The van der Waals surface area contributed by atoms with Gasteiger partial charge in [-0.25, -0.2) is 0 Å². The molecule has 1 unspecified atom stereocenters. The molecule has 2 nitrogen and oxygen atoms in total. The van der Waals surface area contributed by atoms with E-state index in [0.717, 1.165) is 17.0 Å². The minimum Gasteiger partial charge on any atom is -0.494 e. The largest absolute Gasteiger partial charge is 0.494 e. The van der Waals surface area contributed by atoms with E-state index in [9.17, 15) is 0 Å². The Hall–Kier alpha value is -0.800. The van der Waals surface area contributed by atoms with Crippen molar-refractivity contribution >= 4 is 52.1 Å². The number of benzene rings is 2. The molecule has 1 N–H and O–H groups in total. The van der Waals surface area contributed by atoms with Gasteiger partial charge in [-0.05, 0) is 48.9 Å². The second-order valence-electron chi connectivity index (χ2n) is 4.63. The van der Waals surface area contributed by atoms with Crippen LogP contribution in [0.25, 0.3) is 0 Å². The molecule has 0 aliphatic rings. The van der Waals surface area contributed by atoms with Crippen LogP contribution in [0.15, 0.2) is 48.5 Å². The Morgan fingerprint density at radius 2 is 1.59 bits per heavy atom. The topological polar surface area (TPSA) is 21.3 Å². The Labute approximate surface area is 150 Å². The summed E-state index contributed by atoms with van der Waals surface area (Å²) in [4.78, 5) is 0. The third kappa shape index (κ3) is 4.85. The van der Waals surface area contributed by atoms with E-state index in [1.807, 2.05) is 43.3 Å². The molecule has 0 bridgehead atoms. The number of ether oxygens (including phenoxy) is 1. The molecule has 22 heavy (non-hydrogen) atoms. The average molecular weight is 379 g/mol. The van der Waals surface area contributed by atoms with Gasteiger partial charge in [0.05, 0.1) is 12.6 Å². The summed E-state index contributed by atoms with van der Waals surface area (Å²) in [5.41, 5.74) is 1.66. The van der Waals surface area contributed by atoms with Gasteiger partial charge >= 0.3 is 0 Å². The smallest absolute Gasteiger partial charge is 0.214 e. The third-order valence-corrected chi connectivity index (χ3v) is 3.91. The summed E-state index contributed by atoms with van der Waals surface area (Å²) in [6, 6.07) is 14.2. The number of hydrogen-bond donors (Lipinski definition) is 1. The van der Waals surface area contributed by atoms with Gasteiger partial charge in [-0.1, -0.05) is 58.5 Å². The van der Waals surface area contributed by atoms with Crippen LogP contribution in [0.3, 0.4) is 0 Å². The van der Waals surface area contributed by atoms with E-state index < -0.39 is 9.83 Å². The maximum atomic E-state index is 6.13. The summed E-state index contributed by atoms with van der Waals surface area (Å²) < 4.78 is 3.92. The zero-order valence-corrected chi connectivity index (χ0v) is 14.8. The minimum absolute atomic E-state index is 0.505. The van der Waals surface area contributed by atoms with Crippen molar-refractivity contribution in [1.82, 2.24) is 0 Å². The van der Waals surface area contributed by atoms with E-state index in [-0.39, 0.29) is 0 Å². The lowest BCUT2D eigenvalue weighted by molar-refractivity contribution is 0.340. The Morgan fingerprint density at radius 1 is 1.00 bits per heavy atom. The van der Waals surface area contributed by atoms with Gasteiger partial charge in [-0.2, -0.15) is 0 Å². The summed E-state index contributed by atoms with van der Waals surface area (Å²) in [7, 11) is 0. The van der Waals surface area contributed by atoms with Crippen molar-refractivity contribution in [2.75, 3.05) is 11.9 Å². The molecular weight excluding hydrogens is 364 g/mol. The van der Waals surface area contributed by atoms with Gasteiger partial charge in [0, 0.05) is 10.7 Å². The highest BCUT2D eigenvalue weighted by Gasteiger charge is 2.34. The van der Waals surface area contributed by atoms with Crippen molar-refractivity contribution in [3.8, 4) is 5.75 Å². The fourth-order valence-corrected chi connectivity index (χ4v) is 2.66. The van der Waals surface area contributed by atoms with Crippen LogP contribution in [0, 0.1) is 0 Å². The quantitative estimate of drug-likeness (QED) is 0.619. The number of anilines is 1. The van der Waals surface area contributed by atoms with Crippen LogP contribution < -0.4 is 10.1 Å². The molecule has 2 aromatic rings. The molecule has 0 radical (unpaired) electrons. The highest BCUT2D eigenvalue weighted by Crippen LogP contribution is 2.42. The van der Waals surface area contributed by atoms with Crippen molar-refractivity contribution in [1.29, 1.82) is 0 Å². The summed E-state index contributed by atoms with van der Waals surface area (Å²) in [6.07, 6.45) is 0. The normalized spacial score (nSPS) is 12.8. The SMILES string of the molecule is CCOc1ccc(C(Nc2ccc(Cl)cc2)C(Cl)(Cl)Cl)cc1. The molecular formula is C16H15Cl4NO. The van der Waals surface area contributed by atoms with Crippen LogP contribution >= 0.6 is 46.4 Å². The van der Waals surface area contributed by atoms with Crippen molar-refractivity contribution in [3.05, 3.63) is 59.1 Å². The number of halogens is 4. The van der Waals surface area contributed by atoms with Gasteiger partial charge in [0.2, 0.25) is 3.79 Å². The maximum Gasteiger partial charge on any atom is 0.214 e. The molecule has 1 atom stereocenters. The molecule has 0 aliphatic carbocycles. The Kier molecular flexibility index (Phi) is 6.10. The van der Waals surface area contributed by atoms with Crippen LogP contribution in [0.4, 0.5) is 5.69 Å². The first-order chi connectivity index (χ1) is 10.4. The highest BCUT2D eigenvalue weighted by atomic mass is 35.6. The molecule has 0 amide bonds. The highest BCUT2D eigenvalue weighted by molar-refractivity contribution is 6.68. The molecule has 0 heterocycles. The fraction of sp³-hybridized carbons (Fsp3) is 0.250. The Balaban J connectivity index is 2.24. The molecule has 6 heteroatoms. The average Bonchev–Trinajstić information content (AvgIpc) is 2.47. The Bertz CT molecular complexity index is 593. The zero-order chi connectivity index (χ0) is 16.2. The van der Waals surface area contributed by atoms with Crippen LogP contribution in [-0.2, 0) is 0 Å². The first-order valence-electron chi connectivity index (χ1n) is 6.71. The second-order valence-corrected chi connectivity index (χ2v) is 7.43. The molecule has 0 fully saturated rings. The molecule has 2 aromatic carbocycles. The lowest BCUT2D eigenvalue weighted by Gasteiger charge is -2.27. The molecule has 2 rings (SSSR count). The predicted molar refractivity (Wildman–Crippen MR) is 95.7 cm³/mol. The number of nitrogens with one attached hydrogen (secondary N) is 1. The van der Waals surface area contributed by atoms with Crippen LogP contribution in [0.5, 0.6) is 5.75 Å². The predicted octanol–water partition coefficient (Wildman–Crippen LogP) is 6.26. The Morgan fingerprint density at radius 3 is 2.09 bits per heavy atom. The van der Waals surface area contributed by atoms with Crippen molar-refractivity contribution in [2.45, 2.75) is 16.8 Å². The number of rotatable bonds is 5. The molecule has 0 aliphatic heterocycles. The van der Waals surface area contributed by atoms with Crippen molar-refractivity contribution in [3.63, 3.8) is 0 Å². The van der Waals surface area contributed by atoms with Crippen molar-refractivity contribution in [2.24, 2.45) is 0 Å². The summed E-state index contributed by atoms with van der Waals surface area (Å²) in [5.74, 6) is 0.779. The molecule has 0 saturated heterocycles. The van der Waals surface area contributed by atoms with E-state index in [4.69, 9.17) is 51.1 Å². The lowest BCUT2D eigenvalue weighted by atomic mass is 10.1.